The Bertz CT molecular complexity index is 342. The Balaban J connectivity index is 2.03. The summed E-state index contributed by atoms with van der Waals surface area (Å²) in [5.41, 5.74) is 0. The van der Waals surface area contributed by atoms with E-state index in [-0.39, 0.29) is 11.9 Å². The standard InChI is InChI=1S/C10H14N2O3/c13-10(14)9-11-4-5-12(9)7-8-3-1-2-6-15-8/h4-5,8H,1-3,6-7H2,(H,13,14). The van der Waals surface area contributed by atoms with Crippen molar-refractivity contribution in [1.82, 2.24) is 9.55 Å². The maximum Gasteiger partial charge on any atom is 0.372 e. The van der Waals surface area contributed by atoms with Crippen LogP contribution in [0, 0.1) is 0 Å². The number of rotatable bonds is 3. The normalized spacial score (nSPS) is 21.5. The van der Waals surface area contributed by atoms with Gasteiger partial charge in [-0.15, -0.1) is 0 Å². The zero-order valence-electron chi connectivity index (χ0n) is 8.43. The van der Waals surface area contributed by atoms with Crippen LogP contribution in [0.4, 0.5) is 0 Å². The molecule has 1 saturated heterocycles. The molecule has 5 heteroatoms. The van der Waals surface area contributed by atoms with Gasteiger partial charge in [-0.05, 0) is 19.3 Å². The number of aromatic carboxylic acids is 1. The average Bonchev–Trinajstić information content (AvgIpc) is 2.67. The Hall–Kier alpha value is -1.36. The van der Waals surface area contributed by atoms with Crippen molar-refractivity contribution in [2.45, 2.75) is 31.9 Å². The molecule has 2 heterocycles. The fourth-order valence-corrected chi connectivity index (χ4v) is 1.83. The molecule has 0 bridgehead atoms. The molecule has 0 amide bonds. The van der Waals surface area contributed by atoms with E-state index in [1.165, 1.54) is 6.20 Å². The molecule has 1 aromatic rings. The number of imidazole rings is 1. The lowest BCUT2D eigenvalue weighted by Gasteiger charge is -2.23. The third-order valence-electron chi connectivity index (χ3n) is 2.58. The average molecular weight is 210 g/mol. The first-order valence-corrected chi connectivity index (χ1v) is 5.13. The van der Waals surface area contributed by atoms with Gasteiger partial charge in [0.25, 0.3) is 0 Å². The van der Waals surface area contributed by atoms with Gasteiger partial charge in [0.1, 0.15) is 0 Å². The van der Waals surface area contributed by atoms with Gasteiger partial charge in [0.2, 0.25) is 5.82 Å². The number of ether oxygens (including phenoxy) is 1. The van der Waals surface area contributed by atoms with Crippen LogP contribution in [0.1, 0.15) is 29.9 Å². The smallest absolute Gasteiger partial charge is 0.372 e. The van der Waals surface area contributed by atoms with E-state index in [4.69, 9.17) is 9.84 Å². The number of hydrogen-bond donors (Lipinski definition) is 1. The highest BCUT2D eigenvalue weighted by molar-refractivity contribution is 5.83. The Morgan fingerprint density at radius 1 is 1.67 bits per heavy atom. The molecule has 1 aliphatic rings. The molecule has 0 saturated carbocycles. The molecule has 1 unspecified atom stereocenters. The molecule has 0 aliphatic carbocycles. The van der Waals surface area contributed by atoms with Crippen molar-refractivity contribution in [3.05, 3.63) is 18.2 Å². The van der Waals surface area contributed by atoms with Gasteiger partial charge in [-0.25, -0.2) is 9.78 Å². The number of nitrogens with zero attached hydrogens (tertiary/aromatic N) is 2. The van der Waals surface area contributed by atoms with Crippen LogP contribution in [0.5, 0.6) is 0 Å². The van der Waals surface area contributed by atoms with Crippen molar-refractivity contribution in [1.29, 1.82) is 0 Å². The molecule has 0 aromatic carbocycles. The van der Waals surface area contributed by atoms with Crippen LogP contribution < -0.4 is 0 Å². The van der Waals surface area contributed by atoms with Crippen LogP contribution in [0.2, 0.25) is 0 Å². The van der Waals surface area contributed by atoms with E-state index < -0.39 is 5.97 Å². The van der Waals surface area contributed by atoms with Gasteiger partial charge in [0, 0.05) is 19.0 Å². The molecule has 5 nitrogen and oxygen atoms in total. The molecule has 1 aromatic heterocycles. The zero-order chi connectivity index (χ0) is 10.7. The molecule has 15 heavy (non-hydrogen) atoms. The summed E-state index contributed by atoms with van der Waals surface area (Å²) in [5.74, 6) is -0.903. The topological polar surface area (TPSA) is 64.3 Å². The molecule has 1 N–H and O–H groups in total. The molecule has 82 valence electrons. The lowest BCUT2D eigenvalue weighted by molar-refractivity contribution is 0.00533. The molecule has 1 atom stereocenters. The Morgan fingerprint density at radius 3 is 3.20 bits per heavy atom. The van der Waals surface area contributed by atoms with Crippen molar-refractivity contribution in [3.8, 4) is 0 Å². The summed E-state index contributed by atoms with van der Waals surface area (Å²) < 4.78 is 7.18. The SMILES string of the molecule is O=C(O)c1nccn1CC1CCCCO1. The second-order valence-corrected chi connectivity index (χ2v) is 3.70. The molecule has 1 aliphatic heterocycles. The quantitative estimate of drug-likeness (QED) is 0.812. The van der Waals surface area contributed by atoms with E-state index in [9.17, 15) is 4.79 Å². The van der Waals surface area contributed by atoms with Gasteiger partial charge < -0.3 is 14.4 Å². The summed E-state index contributed by atoms with van der Waals surface area (Å²) in [6.45, 7) is 1.36. The van der Waals surface area contributed by atoms with E-state index in [1.54, 1.807) is 10.8 Å². The van der Waals surface area contributed by atoms with Crippen LogP contribution in [0.3, 0.4) is 0 Å². The zero-order valence-corrected chi connectivity index (χ0v) is 8.43. The highest BCUT2D eigenvalue weighted by atomic mass is 16.5. The lowest BCUT2D eigenvalue weighted by atomic mass is 10.1. The fraction of sp³-hybridized carbons (Fsp3) is 0.600. The summed E-state index contributed by atoms with van der Waals surface area (Å²) in [6.07, 6.45) is 6.57. The summed E-state index contributed by atoms with van der Waals surface area (Å²) in [4.78, 5) is 14.6. The van der Waals surface area contributed by atoms with Crippen molar-refractivity contribution in [3.63, 3.8) is 0 Å². The first-order chi connectivity index (χ1) is 7.27. The van der Waals surface area contributed by atoms with Crippen LogP contribution >= 0.6 is 0 Å². The first kappa shape index (κ1) is 10.2. The highest BCUT2D eigenvalue weighted by Gasteiger charge is 2.18. The summed E-state index contributed by atoms with van der Waals surface area (Å²) in [6, 6.07) is 0. The molecule has 0 radical (unpaired) electrons. The first-order valence-electron chi connectivity index (χ1n) is 5.13. The predicted octanol–water partition coefficient (Wildman–Crippen LogP) is 1.15. The number of carbonyl (C=O) groups is 1. The highest BCUT2D eigenvalue weighted by Crippen LogP contribution is 2.15. The van der Waals surface area contributed by atoms with Gasteiger partial charge in [-0.3, -0.25) is 0 Å². The minimum absolute atomic E-state index is 0.0872. The second kappa shape index (κ2) is 4.44. The van der Waals surface area contributed by atoms with Crippen molar-refractivity contribution in [2.24, 2.45) is 0 Å². The van der Waals surface area contributed by atoms with Crippen molar-refractivity contribution >= 4 is 5.97 Å². The van der Waals surface area contributed by atoms with Crippen LogP contribution in [-0.4, -0.2) is 33.3 Å². The monoisotopic (exact) mass is 210 g/mol. The summed E-state index contributed by atoms with van der Waals surface area (Å²) >= 11 is 0. The lowest BCUT2D eigenvalue weighted by Crippen LogP contribution is -2.25. The number of carboxylic acids is 1. The molecule has 1 fully saturated rings. The van der Waals surface area contributed by atoms with Gasteiger partial charge in [0.15, 0.2) is 0 Å². The van der Waals surface area contributed by atoms with Gasteiger partial charge in [-0.2, -0.15) is 0 Å². The molecule has 0 spiro atoms. The van der Waals surface area contributed by atoms with E-state index >= 15 is 0 Å². The summed E-state index contributed by atoms with van der Waals surface area (Å²) in [5, 5.41) is 8.86. The fourth-order valence-electron chi connectivity index (χ4n) is 1.83. The van der Waals surface area contributed by atoms with E-state index in [2.05, 4.69) is 4.98 Å². The Labute approximate surface area is 87.7 Å². The number of hydrogen-bond acceptors (Lipinski definition) is 3. The van der Waals surface area contributed by atoms with Crippen LogP contribution in [-0.2, 0) is 11.3 Å². The second-order valence-electron chi connectivity index (χ2n) is 3.70. The van der Waals surface area contributed by atoms with Gasteiger partial charge in [-0.1, -0.05) is 0 Å². The summed E-state index contributed by atoms with van der Waals surface area (Å²) in [7, 11) is 0. The minimum Gasteiger partial charge on any atom is -0.475 e. The third kappa shape index (κ3) is 2.36. The van der Waals surface area contributed by atoms with Gasteiger partial charge >= 0.3 is 5.97 Å². The minimum atomic E-state index is -0.990. The van der Waals surface area contributed by atoms with Crippen LogP contribution in [0.15, 0.2) is 12.4 Å². The number of aromatic nitrogens is 2. The van der Waals surface area contributed by atoms with E-state index in [1.807, 2.05) is 0 Å². The predicted molar refractivity (Wildman–Crippen MR) is 52.8 cm³/mol. The molecular weight excluding hydrogens is 196 g/mol. The van der Waals surface area contributed by atoms with Gasteiger partial charge in [0.05, 0.1) is 12.6 Å². The van der Waals surface area contributed by atoms with Crippen LogP contribution in [0.25, 0.3) is 0 Å². The van der Waals surface area contributed by atoms with Crippen molar-refractivity contribution < 1.29 is 14.6 Å². The van der Waals surface area contributed by atoms with Crippen molar-refractivity contribution in [2.75, 3.05) is 6.61 Å². The third-order valence-corrected chi connectivity index (χ3v) is 2.58. The number of carboxylic acid groups (broad SMARTS) is 1. The Morgan fingerprint density at radius 2 is 2.53 bits per heavy atom. The molecule has 2 rings (SSSR count). The maximum atomic E-state index is 10.8. The Kier molecular flexibility index (Phi) is 3.01. The maximum absolute atomic E-state index is 10.8. The van der Waals surface area contributed by atoms with E-state index in [0.717, 1.165) is 25.9 Å². The molecular formula is C10H14N2O3. The van der Waals surface area contributed by atoms with E-state index in [0.29, 0.717) is 6.54 Å². The largest absolute Gasteiger partial charge is 0.475 e.